The van der Waals surface area contributed by atoms with E-state index in [-0.39, 0.29) is 60.6 Å². The Morgan fingerprint density at radius 1 is 0.620 bits per heavy atom. The number of aliphatic hydroxyl groups is 13. The lowest BCUT2D eigenvalue weighted by Crippen LogP contribution is -2.64. The molecule has 13 N–H and O–H groups in total. The van der Waals surface area contributed by atoms with E-state index in [1.165, 1.54) is 0 Å². The van der Waals surface area contributed by atoms with Gasteiger partial charge in [0.1, 0.15) is 85.5 Å². The van der Waals surface area contributed by atoms with Crippen molar-refractivity contribution in [1.82, 2.24) is 0 Å². The summed E-state index contributed by atoms with van der Waals surface area (Å²) in [5.41, 5.74) is 0.0142. The second kappa shape index (κ2) is 21.5. The first-order chi connectivity index (χ1) is 33.6. The molecule has 0 radical (unpaired) electrons. The number of fused-ring (bicyclic) bond motifs is 7. The number of aliphatic hydroxyl groups excluding tert-OH is 12. The third kappa shape index (κ3) is 10.2. The van der Waals surface area contributed by atoms with Gasteiger partial charge in [0.2, 0.25) is 0 Å². The lowest BCUT2D eigenvalue weighted by atomic mass is 9.44. The van der Waals surface area contributed by atoms with Gasteiger partial charge in [0.25, 0.3) is 0 Å². The summed E-state index contributed by atoms with van der Waals surface area (Å²) in [5, 5.41) is 137. The van der Waals surface area contributed by atoms with Crippen molar-refractivity contribution in [3.05, 3.63) is 0 Å². The molecule has 5 heterocycles. The van der Waals surface area contributed by atoms with Gasteiger partial charge in [-0.05, 0) is 104 Å². The van der Waals surface area contributed by atoms with E-state index in [1.54, 1.807) is 0 Å². The van der Waals surface area contributed by atoms with Crippen LogP contribution in [-0.2, 0) is 42.6 Å². The van der Waals surface area contributed by atoms with E-state index >= 15 is 0 Å². The summed E-state index contributed by atoms with van der Waals surface area (Å²) >= 11 is 0. The summed E-state index contributed by atoms with van der Waals surface area (Å²) < 4.78 is 53.3. The zero-order chi connectivity index (χ0) is 51.1. The van der Waals surface area contributed by atoms with Gasteiger partial charge in [-0.3, -0.25) is 0 Å². The van der Waals surface area contributed by atoms with E-state index in [2.05, 4.69) is 20.8 Å². The van der Waals surface area contributed by atoms with Gasteiger partial charge in [0.05, 0.1) is 45.2 Å². The van der Waals surface area contributed by atoms with Crippen molar-refractivity contribution in [1.29, 1.82) is 0 Å². The topological polar surface area (TPSA) is 346 Å². The molecule has 22 nitrogen and oxygen atoms in total. The summed E-state index contributed by atoms with van der Waals surface area (Å²) in [6, 6.07) is 0. The van der Waals surface area contributed by atoms with E-state index in [4.69, 9.17) is 42.6 Å². The van der Waals surface area contributed by atoms with Crippen molar-refractivity contribution in [3.8, 4) is 0 Å². The van der Waals surface area contributed by atoms with E-state index in [0.29, 0.717) is 49.4 Å². The van der Waals surface area contributed by atoms with Crippen LogP contribution < -0.4 is 0 Å². The smallest absolute Gasteiger partial charge is 0.186 e. The van der Waals surface area contributed by atoms with Crippen LogP contribution in [0.4, 0.5) is 0 Å². The third-order valence-corrected chi connectivity index (χ3v) is 19.3. The van der Waals surface area contributed by atoms with Crippen LogP contribution in [0.2, 0.25) is 0 Å². The molecule has 0 bridgehead atoms. The Bertz CT molecular complexity index is 1770. The minimum atomic E-state index is -1.72. The van der Waals surface area contributed by atoms with E-state index in [1.807, 2.05) is 6.92 Å². The summed E-state index contributed by atoms with van der Waals surface area (Å²) in [4.78, 5) is 0. The highest BCUT2D eigenvalue weighted by molar-refractivity contribution is 5.15. The summed E-state index contributed by atoms with van der Waals surface area (Å²) in [6.07, 6.45) is -18.4. The Labute approximate surface area is 414 Å². The number of ether oxygens (including phenoxy) is 9. The highest BCUT2D eigenvalue weighted by Gasteiger charge is 2.68. The number of hydrogen-bond acceptors (Lipinski definition) is 22. The van der Waals surface area contributed by atoms with Crippen molar-refractivity contribution >= 4 is 0 Å². The van der Waals surface area contributed by atoms with E-state index in [9.17, 15) is 66.4 Å². The third-order valence-electron chi connectivity index (χ3n) is 19.3. The van der Waals surface area contributed by atoms with Crippen LogP contribution >= 0.6 is 0 Å². The van der Waals surface area contributed by atoms with Gasteiger partial charge >= 0.3 is 0 Å². The van der Waals surface area contributed by atoms with E-state index < -0.39 is 130 Å². The summed E-state index contributed by atoms with van der Waals surface area (Å²) in [7, 11) is 0. The van der Waals surface area contributed by atoms with E-state index in [0.717, 1.165) is 38.5 Å². The molecule has 4 aliphatic carbocycles. The monoisotopic (exact) mass is 1020 g/mol. The molecule has 0 spiro atoms. The first-order valence-corrected chi connectivity index (χ1v) is 26.2. The Hall–Kier alpha value is -0.880. The molecule has 0 amide bonds. The fourth-order valence-corrected chi connectivity index (χ4v) is 15.0. The molecule has 71 heavy (non-hydrogen) atoms. The van der Waals surface area contributed by atoms with Crippen LogP contribution in [0.3, 0.4) is 0 Å². The highest BCUT2D eigenvalue weighted by Crippen LogP contribution is 2.71. The highest BCUT2D eigenvalue weighted by atomic mass is 16.8. The van der Waals surface area contributed by atoms with Gasteiger partial charge in [-0.25, -0.2) is 0 Å². The van der Waals surface area contributed by atoms with Gasteiger partial charge in [-0.1, -0.05) is 27.7 Å². The summed E-state index contributed by atoms with van der Waals surface area (Å²) in [5.74, 6) is 0.421. The van der Waals surface area contributed by atoms with Gasteiger partial charge < -0.3 is 109 Å². The predicted octanol–water partition coefficient (Wildman–Crippen LogP) is -2.68. The second-order valence-electron chi connectivity index (χ2n) is 23.4. The molecule has 5 aliphatic heterocycles. The van der Waals surface area contributed by atoms with Crippen LogP contribution in [-0.4, -0.2) is 228 Å². The van der Waals surface area contributed by atoms with Crippen LogP contribution in [0.5, 0.6) is 0 Å². The second-order valence-corrected chi connectivity index (χ2v) is 23.4. The Morgan fingerprint density at radius 3 is 1.96 bits per heavy atom. The zero-order valence-electron chi connectivity index (χ0n) is 41.2. The Kier molecular flexibility index (Phi) is 16.6. The van der Waals surface area contributed by atoms with Crippen LogP contribution in [0.15, 0.2) is 0 Å². The molecule has 0 aromatic heterocycles. The molecule has 0 aromatic carbocycles. The van der Waals surface area contributed by atoms with Crippen molar-refractivity contribution in [2.45, 2.75) is 221 Å². The lowest BCUT2D eigenvalue weighted by Gasteiger charge is -2.61. The quantitative estimate of drug-likeness (QED) is 0.0789. The van der Waals surface area contributed by atoms with Gasteiger partial charge in [0, 0.05) is 12.3 Å². The normalized spacial score (nSPS) is 55.7. The first-order valence-electron chi connectivity index (χ1n) is 26.2. The first kappa shape index (κ1) is 54.9. The molecule has 4 saturated carbocycles. The molecule has 5 saturated heterocycles. The van der Waals surface area contributed by atoms with Crippen molar-refractivity contribution in [3.63, 3.8) is 0 Å². The molecular formula is C49H82O22. The molecule has 22 heteroatoms. The molecule has 410 valence electrons. The molecule has 30 atom stereocenters. The van der Waals surface area contributed by atoms with Crippen LogP contribution in [0.25, 0.3) is 0 Å². The molecule has 9 rings (SSSR count). The predicted molar refractivity (Wildman–Crippen MR) is 240 cm³/mol. The average Bonchev–Trinajstić information content (AvgIpc) is 3.78. The minimum absolute atomic E-state index is 0.0152. The fraction of sp³-hybridized carbons (Fsp3) is 1.00. The number of hydrogen-bond donors (Lipinski definition) is 13. The van der Waals surface area contributed by atoms with Crippen molar-refractivity contribution < 1.29 is 109 Å². The largest absolute Gasteiger partial charge is 0.394 e. The molecular weight excluding hydrogens is 941 g/mol. The lowest BCUT2D eigenvalue weighted by molar-refractivity contribution is -0.362. The molecule has 11 unspecified atom stereocenters. The zero-order valence-corrected chi connectivity index (χ0v) is 41.2. The SMILES string of the molecule is CC(CCC1(O)OC2CC3C4CC[C@@H]5CC(O[C@@H]6O[C@H](CO[C@@H]7OC[C@H](O)[C@@H](O)[C@H]7O)[C@@H](O[C@@H]7OC[C@@H](O)[C@@H](O)[C@H]7O)[C@@H](O)[C@H]6O)CCC5(C)C4CCC3(C)C2C1C)CO[C@@H]1O[C@H](CO)[C@@H](O)[C@@H](O)[C@H]1O. The fourth-order valence-electron chi connectivity index (χ4n) is 15.0. The van der Waals surface area contributed by atoms with Gasteiger partial charge in [-0.2, -0.15) is 0 Å². The molecule has 0 aromatic rings. The minimum Gasteiger partial charge on any atom is -0.394 e. The van der Waals surface area contributed by atoms with Crippen LogP contribution in [0.1, 0.15) is 91.9 Å². The van der Waals surface area contributed by atoms with Crippen molar-refractivity contribution in [2.75, 3.05) is 33.0 Å². The maximum Gasteiger partial charge on any atom is 0.186 e. The Morgan fingerprint density at radius 2 is 1.25 bits per heavy atom. The van der Waals surface area contributed by atoms with Crippen molar-refractivity contribution in [2.24, 2.45) is 52.3 Å². The molecule has 9 fully saturated rings. The molecule has 9 aliphatic rings. The van der Waals surface area contributed by atoms with Gasteiger partial charge in [0.15, 0.2) is 30.9 Å². The van der Waals surface area contributed by atoms with Crippen LogP contribution in [0, 0.1) is 52.3 Å². The number of rotatable bonds is 14. The standard InChI is InChI=1S/C49H82O22/c1-20(16-63-44-40(60)36(56)35(55)30(15-50)68-44)7-12-49(62)21(2)32-29(71-49)14-26-24-6-5-22-13-23(8-10-47(22,3)25(24)9-11-48(26,32)4)67-46-41(61)37(57)42(70-45-39(59)34(54)28(52)18-65-45)31(69-46)19-66-43-38(58)33(53)27(51)17-64-43/h20-46,50-62H,5-19H2,1-4H3/t20?,21?,22-,23?,24?,25?,26?,27+,28-,29?,30-,31-,32?,33-,34-,35-,36-,37+,38-,39-,40-,41-,42-,43+,44-,45+,46-,47?,48?,49?/m1/s1. The Balaban J connectivity index is 0.798. The maximum atomic E-state index is 12.1. The van der Waals surface area contributed by atoms with Gasteiger partial charge in [-0.15, -0.1) is 0 Å². The maximum absolute atomic E-state index is 12.1. The summed E-state index contributed by atoms with van der Waals surface area (Å²) in [6.45, 7) is 7.39. The average molecular weight is 1020 g/mol.